The van der Waals surface area contributed by atoms with Gasteiger partial charge in [0, 0.05) is 0 Å². The van der Waals surface area contributed by atoms with E-state index in [4.69, 9.17) is 15.9 Å². The second-order valence-corrected chi connectivity index (χ2v) is 10.4. The Morgan fingerprint density at radius 2 is 1.35 bits per heavy atom. The van der Waals surface area contributed by atoms with Crippen LogP contribution in [0.25, 0.3) is 0 Å². The Morgan fingerprint density at radius 3 is 1.87 bits per heavy atom. The fourth-order valence-electron chi connectivity index (χ4n) is 5.17. The van der Waals surface area contributed by atoms with Crippen molar-refractivity contribution < 1.29 is 58.4 Å². The number of carbonyl (C=O) groups is 7. The highest BCUT2D eigenvalue weighted by Gasteiger charge is 2.45. The normalized spacial score (nSPS) is 24.4. The summed E-state index contributed by atoms with van der Waals surface area (Å²) < 4.78 is 9.20. The molecule has 5 atom stereocenters. The van der Waals surface area contributed by atoms with E-state index in [2.05, 4.69) is 14.8 Å². The van der Waals surface area contributed by atoms with E-state index in [1.807, 2.05) is 30.3 Å². The zero-order valence-corrected chi connectivity index (χ0v) is 24.2. The second kappa shape index (κ2) is 14.5. The number of carboxylic acids is 1. The smallest absolute Gasteiger partial charge is 0.480 e. The third kappa shape index (κ3) is 7.77. The minimum atomic E-state index is -1.59. The molecule has 2 fully saturated rings. The average Bonchev–Trinajstić information content (AvgIpc) is 3.00. The Balaban J connectivity index is 0.000000240. The van der Waals surface area contributed by atoms with Gasteiger partial charge in [-0.3, -0.25) is 29.3 Å². The van der Waals surface area contributed by atoms with Crippen molar-refractivity contribution >= 4 is 41.9 Å². The lowest BCUT2D eigenvalue weighted by Gasteiger charge is -2.45. The molecule has 0 saturated carbocycles. The monoisotopic (exact) mass is 644 g/mol. The first-order valence-electron chi connectivity index (χ1n) is 14.0. The van der Waals surface area contributed by atoms with Crippen molar-refractivity contribution in [3.63, 3.8) is 0 Å². The largest absolute Gasteiger partial charge is 0.508 e. The molecule has 18 heteroatoms. The van der Waals surface area contributed by atoms with Crippen molar-refractivity contribution in [2.75, 3.05) is 13.1 Å². The molecular weight excluding hydrogens is 612 g/mol. The third-order valence-corrected chi connectivity index (χ3v) is 7.28. The van der Waals surface area contributed by atoms with Gasteiger partial charge in [0.2, 0.25) is 24.3 Å². The average molecular weight is 645 g/mol. The van der Waals surface area contributed by atoms with Crippen LogP contribution in [0.1, 0.15) is 24.8 Å². The van der Waals surface area contributed by atoms with Crippen LogP contribution in [-0.4, -0.2) is 121 Å². The number of hydrazine groups is 2. The molecule has 46 heavy (non-hydrogen) atoms. The van der Waals surface area contributed by atoms with Crippen molar-refractivity contribution in [1.29, 1.82) is 0 Å². The number of carboxylic acid groups (broad SMARTS) is 3. The zero-order chi connectivity index (χ0) is 33.5. The SMILES string of the molecule is NC1CC(=O)N2CC=CC(OC(=O)O)N2C1=O.O=C(O)OC1C=CCN2C(=O)CC(NC(CCc3ccccc3)C(=O)O)C(=O)N12. The number of benzene rings is 1. The van der Waals surface area contributed by atoms with Gasteiger partial charge in [-0.05, 0) is 30.6 Å². The van der Waals surface area contributed by atoms with Crippen LogP contribution in [-0.2, 0) is 39.9 Å². The van der Waals surface area contributed by atoms with Gasteiger partial charge in [0.1, 0.15) is 6.04 Å². The van der Waals surface area contributed by atoms with E-state index in [1.54, 1.807) is 6.08 Å². The third-order valence-electron chi connectivity index (χ3n) is 7.28. The fraction of sp³-hybridized carbons (Fsp3) is 0.393. The quantitative estimate of drug-likeness (QED) is 0.176. The maximum Gasteiger partial charge on any atom is 0.508 e. The zero-order valence-electron chi connectivity index (χ0n) is 24.2. The van der Waals surface area contributed by atoms with Crippen LogP contribution in [0.2, 0.25) is 0 Å². The molecule has 4 heterocycles. The van der Waals surface area contributed by atoms with Gasteiger partial charge in [-0.1, -0.05) is 42.5 Å². The first-order chi connectivity index (χ1) is 21.9. The number of aliphatic carboxylic acids is 1. The standard InChI is InChI=1S/C19H21N3O7.C9H11N3O5/c23-15-11-14(17(24)22-16(29-19(27)28)7-4-10-21(15)22)20-13(18(25)26)9-8-12-5-2-1-3-6-12;10-5-4-6(13)11-3-1-2-7(17-9(15)16)12(11)8(5)14/h1-7,13-14,16,20H,8-11H2,(H,25,26)(H,27,28);1-2,5,7H,3-4,10H2,(H,15,16). The molecule has 6 N–H and O–H groups in total. The molecule has 1 aromatic rings. The molecule has 1 aromatic carbocycles. The van der Waals surface area contributed by atoms with Crippen molar-refractivity contribution in [2.24, 2.45) is 5.73 Å². The summed E-state index contributed by atoms with van der Waals surface area (Å²) in [6.45, 7) is 0.309. The molecule has 0 bridgehead atoms. The molecule has 0 radical (unpaired) electrons. The Bertz CT molecular complexity index is 1430. The van der Waals surface area contributed by atoms with Crippen LogP contribution in [0.3, 0.4) is 0 Å². The van der Waals surface area contributed by atoms with Crippen LogP contribution in [0.5, 0.6) is 0 Å². The number of ether oxygens (including phenoxy) is 2. The molecule has 246 valence electrons. The lowest BCUT2D eigenvalue weighted by Crippen LogP contribution is -2.67. The number of aryl methyl sites for hydroxylation is 1. The Hall–Kier alpha value is -5.49. The lowest BCUT2D eigenvalue weighted by molar-refractivity contribution is -0.192. The summed E-state index contributed by atoms with van der Waals surface area (Å²) in [6.07, 6.45) is 0.702. The molecule has 0 spiro atoms. The number of nitrogens with two attached hydrogens (primary N) is 1. The van der Waals surface area contributed by atoms with Crippen molar-refractivity contribution in [3.05, 3.63) is 60.2 Å². The van der Waals surface area contributed by atoms with Gasteiger partial charge in [0.15, 0.2) is 0 Å². The summed E-state index contributed by atoms with van der Waals surface area (Å²) in [7, 11) is 0. The predicted molar refractivity (Wildman–Crippen MR) is 152 cm³/mol. The summed E-state index contributed by atoms with van der Waals surface area (Å²) in [6, 6.07) is 6.21. The minimum absolute atomic E-state index is 0.0804. The second-order valence-electron chi connectivity index (χ2n) is 10.4. The van der Waals surface area contributed by atoms with Gasteiger partial charge in [0.05, 0.1) is 38.0 Å². The van der Waals surface area contributed by atoms with Gasteiger partial charge in [-0.15, -0.1) is 0 Å². The molecule has 18 nitrogen and oxygen atoms in total. The van der Waals surface area contributed by atoms with Crippen LogP contribution >= 0.6 is 0 Å². The fourth-order valence-corrected chi connectivity index (χ4v) is 5.17. The Labute approximate surface area is 261 Å². The molecule has 2 saturated heterocycles. The van der Waals surface area contributed by atoms with E-state index in [1.165, 1.54) is 18.2 Å². The first kappa shape index (κ1) is 33.4. The van der Waals surface area contributed by atoms with E-state index in [-0.39, 0.29) is 38.3 Å². The molecular formula is C28H32N6O12. The number of hydrogen-bond acceptors (Lipinski definition) is 11. The number of nitrogens with one attached hydrogen (secondary N) is 1. The van der Waals surface area contributed by atoms with Crippen LogP contribution < -0.4 is 11.1 Å². The number of carbonyl (C=O) groups excluding carboxylic acids is 4. The van der Waals surface area contributed by atoms with E-state index in [0.717, 1.165) is 25.6 Å². The number of nitrogens with zero attached hydrogens (tertiary/aromatic N) is 4. The number of amides is 4. The topological polar surface area (TPSA) is 250 Å². The van der Waals surface area contributed by atoms with Crippen molar-refractivity contribution in [2.45, 2.75) is 56.3 Å². The highest BCUT2D eigenvalue weighted by molar-refractivity contribution is 5.95. The summed E-state index contributed by atoms with van der Waals surface area (Å²) in [5.74, 6) is -3.05. The number of fused-ring (bicyclic) bond motifs is 2. The highest BCUT2D eigenvalue weighted by Crippen LogP contribution is 2.24. The van der Waals surface area contributed by atoms with Gasteiger partial charge in [0.25, 0.3) is 11.8 Å². The van der Waals surface area contributed by atoms with E-state index < -0.39 is 66.6 Å². The first-order valence-corrected chi connectivity index (χ1v) is 14.0. The van der Waals surface area contributed by atoms with Gasteiger partial charge in [-0.25, -0.2) is 29.6 Å². The molecule has 4 amide bonds. The van der Waals surface area contributed by atoms with Gasteiger partial charge in [-0.2, -0.15) is 0 Å². The maximum atomic E-state index is 12.9. The number of rotatable bonds is 8. The van der Waals surface area contributed by atoms with Crippen LogP contribution in [0.4, 0.5) is 9.59 Å². The molecule has 5 rings (SSSR count). The molecule has 4 aliphatic heterocycles. The van der Waals surface area contributed by atoms with Crippen molar-refractivity contribution in [1.82, 2.24) is 25.4 Å². The van der Waals surface area contributed by atoms with Gasteiger partial charge < -0.3 is 30.5 Å². The summed E-state index contributed by atoms with van der Waals surface area (Å²) in [5, 5.41) is 33.8. The van der Waals surface area contributed by atoms with Crippen molar-refractivity contribution in [3.8, 4) is 0 Å². The Kier molecular flexibility index (Phi) is 10.5. The molecule has 4 aliphatic rings. The maximum absolute atomic E-state index is 12.9. The van der Waals surface area contributed by atoms with Crippen LogP contribution in [0.15, 0.2) is 54.6 Å². The summed E-state index contributed by atoms with van der Waals surface area (Å²) in [4.78, 5) is 81.9. The minimum Gasteiger partial charge on any atom is -0.480 e. The highest BCUT2D eigenvalue weighted by atomic mass is 16.7. The predicted octanol–water partition coefficient (Wildman–Crippen LogP) is -0.523. The summed E-state index contributed by atoms with van der Waals surface area (Å²) in [5.41, 5.74) is 6.46. The van der Waals surface area contributed by atoms with E-state index in [9.17, 15) is 38.7 Å². The molecule has 0 aliphatic carbocycles. The number of hydrogen-bond donors (Lipinski definition) is 5. The molecule has 0 aromatic heterocycles. The van der Waals surface area contributed by atoms with E-state index >= 15 is 0 Å². The molecule has 5 unspecified atom stereocenters. The Morgan fingerprint density at radius 1 is 0.826 bits per heavy atom. The summed E-state index contributed by atoms with van der Waals surface area (Å²) >= 11 is 0. The van der Waals surface area contributed by atoms with Gasteiger partial charge >= 0.3 is 18.3 Å². The van der Waals surface area contributed by atoms with Crippen LogP contribution in [0, 0.1) is 0 Å². The lowest BCUT2D eigenvalue weighted by atomic mass is 10.0. The van der Waals surface area contributed by atoms with E-state index in [0.29, 0.717) is 6.42 Å².